The second-order valence-corrected chi connectivity index (χ2v) is 5.95. The first-order valence-electron chi connectivity index (χ1n) is 5.94. The zero-order valence-corrected chi connectivity index (χ0v) is 12.9. The van der Waals surface area contributed by atoms with Crippen LogP contribution in [-0.4, -0.2) is 16.2 Å². The third-order valence-electron chi connectivity index (χ3n) is 2.60. The molecule has 7 heteroatoms. The van der Waals surface area contributed by atoms with E-state index in [1.807, 2.05) is 0 Å². The summed E-state index contributed by atoms with van der Waals surface area (Å²) in [6, 6.07) is 9.94. The minimum atomic E-state index is -0.218. The maximum Gasteiger partial charge on any atom is 0.264 e. The summed E-state index contributed by atoms with van der Waals surface area (Å²) in [6.07, 6.45) is 1.66. The Labute approximate surface area is 132 Å². The van der Waals surface area contributed by atoms with Gasteiger partial charge in [-0.1, -0.05) is 0 Å². The van der Waals surface area contributed by atoms with Crippen LogP contribution in [0.4, 0.5) is 5.69 Å². The van der Waals surface area contributed by atoms with E-state index < -0.39 is 0 Å². The summed E-state index contributed by atoms with van der Waals surface area (Å²) in [4.78, 5) is 16.7. The zero-order chi connectivity index (χ0) is 14.8. The minimum Gasteiger partial charge on any atom is -0.508 e. The fraction of sp³-hybridized carbons (Fsp3) is 0. The molecule has 2 heterocycles. The van der Waals surface area contributed by atoms with E-state index >= 15 is 0 Å². The number of nitrogens with zero attached hydrogens (tertiary/aromatic N) is 1. The monoisotopic (exact) mass is 364 g/mol. The predicted octanol–water partition coefficient (Wildman–Crippen LogP) is 3.64. The number of phenolic OH excluding ortho intramolecular Hbond substituents is 1. The largest absolute Gasteiger partial charge is 0.508 e. The van der Waals surface area contributed by atoms with Crippen LogP contribution in [0.25, 0.3) is 6.08 Å². The molecule has 1 aromatic heterocycles. The molecule has 0 radical (unpaired) electrons. The van der Waals surface area contributed by atoms with Crippen molar-refractivity contribution in [3.8, 4) is 5.75 Å². The SMILES string of the molecule is O=C1NC(=Nc2ccc(O)cc2)SC1=Cc1ccc(Br)o1. The maximum absolute atomic E-state index is 11.9. The third kappa shape index (κ3) is 3.37. The number of rotatable bonds is 2. The molecule has 0 spiro atoms. The molecule has 0 atom stereocenters. The minimum absolute atomic E-state index is 0.172. The fourth-order valence-corrected chi connectivity index (χ4v) is 2.80. The molecular formula is C14H9BrN2O3S. The first-order valence-corrected chi connectivity index (χ1v) is 7.55. The lowest BCUT2D eigenvalue weighted by Crippen LogP contribution is -2.19. The highest BCUT2D eigenvalue weighted by Gasteiger charge is 2.24. The van der Waals surface area contributed by atoms with E-state index in [0.717, 1.165) is 0 Å². The van der Waals surface area contributed by atoms with Gasteiger partial charge in [-0.25, -0.2) is 4.99 Å². The van der Waals surface area contributed by atoms with Gasteiger partial charge < -0.3 is 14.8 Å². The summed E-state index contributed by atoms with van der Waals surface area (Å²) >= 11 is 4.45. The van der Waals surface area contributed by atoms with Crippen molar-refractivity contribution in [2.45, 2.75) is 0 Å². The number of carbonyl (C=O) groups is 1. The van der Waals surface area contributed by atoms with Gasteiger partial charge >= 0.3 is 0 Å². The molecule has 0 bridgehead atoms. The maximum atomic E-state index is 11.9. The number of aromatic hydroxyl groups is 1. The van der Waals surface area contributed by atoms with Crippen molar-refractivity contribution >= 4 is 50.5 Å². The number of aliphatic imine (C=N–C) groups is 1. The van der Waals surface area contributed by atoms with Crippen molar-refractivity contribution in [2.75, 3.05) is 0 Å². The third-order valence-corrected chi connectivity index (χ3v) is 3.93. The van der Waals surface area contributed by atoms with Gasteiger partial charge in [0, 0.05) is 6.08 Å². The standard InChI is InChI=1S/C14H9BrN2O3S/c15-12-6-5-10(20-12)7-11-13(19)17-14(21-11)16-8-1-3-9(18)4-2-8/h1-7,18H,(H,16,17,19). The molecule has 1 aliphatic heterocycles. The van der Waals surface area contributed by atoms with E-state index in [-0.39, 0.29) is 11.7 Å². The van der Waals surface area contributed by atoms with Crippen molar-refractivity contribution in [1.29, 1.82) is 0 Å². The number of phenols is 1. The van der Waals surface area contributed by atoms with Crippen LogP contribution in [0.2, 0.25) is 0 Å². The molecule has 0 unspecified atom stereocenters. The van der Waals surface area contributed by atoms with Gasteiger partial charge in [0.25, 0.3) is 5.91 Å². The second kappa shape index (κ2) is 5.79. The summed E-state index contributed by atoms with van der Waals surface area (Å²) in [7, 11) is 0. The molecule has 1 aromatic carbocycles. The Morgan fingerprint density at radius 1 is 1.24 bits per heavy atom. The topological polar surface area (TPSA) is 74.8 Å². The molecule has 1 saturated heterocycles. The van der Waals surface area contributed by atoms with Crippen molar-refractivity contribution < 1.29 is 14.3 Å². The van der Waals surface area contributed by atoms with E-state index in [0.29, 0.717) is 26.2 Å². The summed E-state index contributed by atoms with van der Waals surface area (Å²) in [6.45, 7) is 0. The fourth-order valence-electron chi connectivity index (χ4n) is 1.66. The zero-order valence-electron chi connectivity index (χ0n) is 10.5. The average Bonchev–Trinajstić information content (AvgIpc) is 3.00. The second-order valence-electron chi connectivity index (χ2n) is 4.14. The van der Waals surface area contributed by atoms with Gasteiger partial charge in [0.15, 0.2) is 9.84 Å². The van der Waals surface area contributed by atoms with E-state index in [9.17, 15) is 9.90 Å². The van der Waals surface area contributed by atoms with E-state index in [1.54, 1.807) is 30.3 Å². The highest BCUT2D eigenvalue weighted by Crippen LogP contribution is 2.29. The summed E-state index contributed by atoms with van der Waals surface area (Å²) in [5.41, 5.74) is 0.651. The summed E-state index contributed by atoms with van der Waals surface area (Å²) in [5.74, 6) is 0.543. The molecule has 106 valence electrons. The number of hydrogen-bond donors (Lipinski definition) is 2. The van der Waals surface area contributed by atoms with Gasteiger partial charge in [-0.3, -0.25) is 4.79 Å². The van der Waals surface area contributed by atoms with E-state index in [1.165, 1.54) is 23.9 Å². The van der Waals surface area contributed by atoms with E-state index in [4.69, 9.17) is 4.42 Å². The predicted molar refractivity (Wildman–Crippen MR) is 85.3 cm³/mol. The molecule has 0 aliphatic carbocycles. The number of nitrogens with one attached hydrogen (secondary N) is 1. The Morgan fingerprint density at radius 3 is 2.67 bits per heavy atom. The highest BCUT2D eigenvalue weighted by molar-refractivity contribution is 9.10. The van der Waals surface area contributed by atoms with Gasteiger partial charge in [0.1, 0.15) is 11.5 Å². The van der Waals surface area contributed by atoms with Crippen molar-refractivity contribution in [2.24, 2.45) is 4.99 Å². The Morgan fingerprint density at radius 2 is 2.00 bits per heavy atom. The average molecular weight is 365 g/mol. The lowest BCUT2D eigenvalue weighted by molar-refractivity contribution is -0.115. The Balaban J connectivity index is 1.81. The van der Waals surface area contributed by atoms with Gasteiger partial charge in [-0.2, -0.15) is 0 Å². The van der Waals surface area contributed by atoms with Crippen LogP contribution in [-0.2, 0) is 4.79 Å². The Hall–Kier alpha value is -1.99. The quantitative estimate of drug-likeness (QED) is 0.797. The number of furan rings is 1. The molecule has 1 fully saturated rings. The molecule has 21 heavy (non-hydrogen) atoms. The summed E-state index contributed by atoms with van der Waals surface area (Å²) < 4.78 is 5.95. The number of benzene rings is 1. The van der Waals surface area contributed by atoms with Crippen LogP contribution >= 0.6 is 27.7 Å². The lowest BCUT2D eigenvalue weighted by Gasteiger charge is -1.96. The molecule has 2 aromatic rings. The smallest absolute Gasteiger partial charge is 0.264 e. The molecule has 2 N–H and O–H groups in total. The Bertz CT molecular complexity index is 750. The van der Waals surface area contributed by atoms with Crippen LogP contribution < -0.4 is 5.32 Å². The molecule has 1 aliphatic rings. The van der Waals surface area contributed by atoms with Crippen LogP contribution in [0.15, 0.2) is 55.4 Å². The van der Waals surface area contributed by atoms with Crippen molar-refractivity contribution in [3.05, 3.63) is 51.7 Å². The molecule has 0 saturated carbocycles. The van der Waals surface area contributed by atoms with Crippen molar-refractivity contribution in [3.63, 3.8) is 0 Å². The van der Waals surface area contributed by atoms with Gasteiger partial charge in [0.05, 0.1) is 10.6 Å². The van der Waals surface area contributed by atoms with Gasteiger partial charge in [-0.15, -0.1) is 0 Å². The first-order chi connectivity index (χ1) is 10.1. The molecule has 3 rings (SSSR count). The number of amidine groups is 1. The number of amides is 1. The van der Waals surface area contributed by atoms with E-state index in [2.05, 4.69) is 26.2 Å². The van der Waals surface area contributed by atoms with Crippen LogP contribution in [0.3, 0.4) is 0 Å². The number of hydrogen-bond acceptors (Lipinski definition) is 5. The number of thioether (sulfide) groups is 1. The lowest BCUT2D eigenvalue weighted by atomic mass is 10.3. The molecular weight excluding hydrogens is 356 g/mol. The van der Waals surface area contributed by atoms with Crippen molar-refractivity contribution in [1.82, 2.24) is 5.32 Å². The molecule has 1 amide bonds. The molecule has 5 nitrogen and oxygen atoms in total. The first kappa shape index (κ1) is 14.0. The Kier molecular flexibility index (Phi) is 3.85. The van der Waals surface area contributed by atoms with Crippen LogP contribution in [0.5, 0.6) is 5.75 Å². The van der Waals surface area contributed by atoms with Gasteiger partial charge in [0.2, 0.25) is 0 Å². The number of halogens is 1. The summed E-state index contributed by atoms with van der Waals surface area (Å²) in [5, 5.41) is 12.4. The van der Waals surface area contributed by atoms with Crippen LogP contribution in [0.1, 0.15) is 5.76 Å². The van der Waals surface area contributed by atoms with Gasteiger partial charge in [-0.05, 0) is 64.1 Å². The highest BCUT2D eigenvalue weighted by atomic mass is 79.9. The number of carbonyl (C=O) groups excluding carboxylic acids is 1. The van der Waals surface area contributed by atoms with Crippen LogP contribution in [0, 0.1) is 0 Å². The normalized spacial score (nSPS) is 18.4.